The van der Waals surface area contributed by atoms with Gasteiger partial charge in [-0.2, -0.15) is 0 Å². The predicted molar refractivity (Wildman–Crippen MR) is 111 cm³/mol. The number of aromatic nitrogens is 1. The number of benzene rings is 2. The number of thiazole rings is 1. The normalized spacial score (nSPS) is 11.9. The fraction of sp³-hybridized carbons (Fsp3) is 0.158. The molecule has 1 N–H and O–H groups in total. The Bertz CT molecular complexity index is 936. The lowest BCUT2D eigenvalue weighted by molar-refractivity contribution is 0.102. The van der Waals surface area contributed by atoms with Gasteiger partial charge in [-0.3, -0.25) is 14.3 Å². The van der Waals surface area contributed by atoms with E-state index in [1.54, 1.807) is 36.2 Å². The third-order valence-corrected chi connectivity index (χ3v) is 5.91. The van der Waals surface area contributed by atoms with Crippen molar-refractivity contribution in [3.05, 3.63) is 65.0 Å². The molecule has 1 unspecified atom stereocenters. The van der Waals surface area contributed by atoms with Crippen LogP contribution in [-0.2, 0) is 16.6 Å². The molecule has 0 aliphatic carbocycles. The van der Waals surface area contributed by atoms with E-state index in [0.29, 0.717) is 16.4 Å². The zero-order valence-corrected chi connectivity index (χ0v) is 16.8. The third-order valence-electron chi connectivity index (χ3n) is 3.67. The minimum Gasteiger partial charge on any atom is -0.298 e. The number of rotatable bonds is 6. The number of nitrogens with one attached hydrogen (secondary N) is 1. The van der Waals surface area contributed by atoms with Gasteiger partial charge >= 0.3 is 0 Å². The Kier molecular flexibility index (Phi) is 6.24. The first-order valence-electron chi connectivity index (χ1n) is 7.85. The summed E-state index contributed by atoms with van der Waals surface area (Å²) in [6.45, 7) is 0. The minimum absolute atomic E-state index is 0.215. The van der Waals surface area contributed by atoms with E-state index in [4.69, 9.17) is 0 Å². The summed E-state index contributed by atoms with van der Waals surface area (Å²) < 4.78 is 11.4. The highest BCUT2D eigenvalue weighted by molar-refractivity contribution is 7.98. The number of carbonyl (C=O) groups excluding carboxylic acids is 1. The molecular weight excluding hydrogens is 384 g/mol. The van der Waals surface area contributed by atoms with Gasteiger partial charge in [0, 0.05) is 44.2 Å². The molecule has 1 heterocycles. The topological polar surface area (TPSA) is 59.1 Å². The van der Waals surface area contributed by atoms with Crippen LogP contribution in [0, 0.1) is 0 Å². The van der Waals surface area contributed by atoms with Crippen LogP contribution in [0.25, 0.3) is 11.3 Å². The van der Waals surface area contributed by atoms with Crippen LogP contribution in [0.3, 0.4) is 0 Å². The molecule has 0 bridgehead atoms. The van der Waals surface area contributed by atoms with Crippen LogP contribution in [0.4, 0.5) is 5.13 Å². The van der Waals surface area contributed by atoms with E-state index in [1.165, 1.54) is 16.2 Å². The Morgan fingerprint density at radius 1 is 1.23 bits per heavy atom. The molecule has 26 heavy (non-hydrogen) atoms. The molecule has 0 spiro atoms. The van der Waals surface area contributed by atoms with Crippen molar-refractivity contribution >= 4 is 44.9 Å². The maximum absolute atomic E-state index is 12.5. The highest BCUT2D eigenvalue weighted by Gasteiger charge is 2.11. The molecule has 0 fully saturated rings. The molecule has 134 valence electrons. The first kappa shape index (κ1) is 18.8. The van der Waals surface area contributed by atoms with Gasteiger partial charge in [0.05, 0.1) is 5.69 Å². The molecular formula is C19H18N2O2S3. The Hall–Kier alpha value is -1.96. The molecule has 1 atom stereocenters. The molecule has 0 saturated carbocycles. The van der Waals surface area contributed by atoms with Crippen LogP contribution in [-0.4, -0.2) is 27.6 Å². The summed E-state index contributed by atoms with van der Waals surface area (Å²) in [5.74, 6) is 0.224. The van der Waals surface area contributed by atoms with Crippen molar-refractivity contribution in [1.29, 1.82) is 0 Å². The van der Waals surface area contributed by atoms with Gasteiger partial charge in [0.2, 0.25) is 0 Å². The number of carbonyl (C=O) groups is 1. The Labute approximate surface area is 163 Å². The van der Waals surface area contributed by atoms with Crippen LogP contribution >= 0.6 is 23.1 Å². The molecule has 0 aliphatic heterocycles. The second-order valence-electron chi connectivity index (χ2n) is 5.64. The number of nitrogens with zero attached hydrogens (tertiary/aromatic N) is 1. The van der Waals surface area contributed by atoms with E-state index in [1.807, 2.05) is 29.8 Å². The number of hydrogen-bond acceptors (Lipinski definition) is 5. The van der Waals surface area contributed by atoms with Crippen molar-refractivity contribution in [3.63, 3.8) is 0 Å². The molecule has 0 saturated heterocycles. The van der Waals surface area contributed by atoms with Gasteiger partial charge in [0.1, 0.15) is 0 Å². The number of anilines is 1. The Morgan fingerprint density at radius 2 is 2.00 bits per heavy atom. The van der Waals surface area contributed by atoms with E-state index < -0.39 is 10.8 Å². The zero-order chi connectivity index (χ0) is 18.5. The average Bonchev–Trinajstić information content (AvgIpc) is 3.10. The maximum Gasteiger partial charge on any atom is 0.257 e. The lowest BCUT2D eigenvalue weighted by Gasteiger charge is -2.04. The highest BCUT2D eigenvalue weighted by Crippen LogP contribution is 2.27. The molecule has 1 amide bonds. The quantitative estimate of drug-likeness (QED) is 0.609. The van der Waals surface area contributed by atoms with Crippen LogP contribution < -0.4 is 5.32 Å². The second kappa shape index (κ2) is 8.62. The summed E-state index contributed by atoms with van der Waals surface area (Å²) in [6, 6.07) is 15.4. The summed E-state index contributed by atoms with van der Waals surface area (Å²) >= 11 is 3.09. The first-order chi connectivity index (χ1) is 12.5. The summed E-state index contributed by atoms with van der Waals surface area (Å²) in [5, 5.41) is 5.33. The lowest BCUT2D eigenvalue weighted by atomic mass is 10.1. The van der Waals surface area contributed by atoms with Gasteiger partial charge in [-0.05, 0) is 36.1 Å². The zero-order valence-electron chi connectivity index (χ0n) is 14.4. The summed E-state index contributed by atoms with van der Waals surface area (Å²) in [6.07, 6.45) is 3.69. The molecule has 1 aromatic heterocycles. The monoisotopic (exact) mass is 402 g/mol. The minimum atomic E-state index is -0.940. The number of thioether (sulfide) groups is 1. The standard InChI is InChI=1S/C19H18N2O2S3/c1-24-16-8-6-14(7-9-16)17-11-25-19(20-17)21-18(22)15-5-3-4-13(10-15)12-26(2)23/h3-11H,12H2,1-2H3,(H,20,21,22). The molecule has 0 aliphatic rings. The maximum atomic E-state index is 12.5. The fourth-order valence-electron chi connectivity index (χ4n) is 2.43. The van der Waals surface area contributed by atoms with Gasteiger partial charge < -0.3 is 0 Å². The molecule has 4 nitrogen and oxygen atoms in total. The largest absolute Gasteiger partial charge is 0.298 e. The van der Waals surface area contributed by atoms with Crippen molar-refractivity contribution in [2.45, 2.75) is 10.6 Å². The van der Waals surface area contributed by atoms with Crippen LogP contribution in [0.15, 0.2) is 58.8 Å². The second-order valence-corrected chi connectivity index (χ2v) is 8.81. The molecule has 3 aromatic rings. The summed E-state index contributed by atoms with van der Waals surface area (Å²) in [4.78, 5) is 18.2. The van der Waals surface area contributed by atoms with Gasteiger partial charge in [0.25, 0.3) is 5.91 Å². The van der Waals surface area contributed by atoms with Crippen molar-refractivity contribution < 1.29 is 9.00 Å². The molecule has 3 rings (SSSR count). The predicted octanol–water partition coefficient (Wildman–Crippen LogP) is 4.66. The van der Waals surface area contributed by atoms with E-state index >= 15 is 0 Å². The van der Waals surface area contributed by atoms with Crippen molar-refractivity contribution in [2.24, 2.45) is 0 Å². The van der Waals surface area contributed by atoms with E-state index in [-0.39, 0.29) is 5.91 Å². The molecule has 2 aromatic carbocycles. The fourth-order valence-corrected chi connectivity index (χ4v) is 4.20. The van der Waals surface area contributed by atoms with Crippen LogP contribution in [0.1, 0.15) is 15.9 Å². The SMILES string of the molecule is CSc1ccc(-c2csc(NC(=O)c3cccc(CS(C)=O)c3)n2)cc1. The Balaban J connectivity index is 1.72. The summed E-state index contributed by atoms with van der Waals surface area (Å²) in [7, 11) is -0.940. The Morgan fingerprint density at radius 3 is 2.69 bits per heavy atom. The van der Waals surface area contributed by atoms with Crippen LogP contribution in [0.2, 0.25) is 0 Å². The van der Waals surface area contributed by atoms with E-state index in [0.717, 1.165) is 16.8 Å². The number of amides is 1. The van der Waals surface area contributed by atoms with Crippen LogP contribution in [0.5, 0.6) is 0 Å². The average molecular weight is 403 g/mol. The lowest BCUT2D eigenvalue weighted by Crippen LogP contribution is -2.12. The van der Waals surface area contributed by atoms with Crippen molar-refractivity contribution in [2.75, 3.05) is 17.8 Å². The van der Waals surface area contributed by atoms with Gasteiger partial charge in [-0.1, -0.05) is 24.3 Å². The van der Waals surface area contributed by atoms with E-state index in [2.05, 4.69) is 22.4 Å². The van der Waals surface area contributed by atoms with Crippen molar-refractivity contribution in [3.8, 4) is 11.3 Å². The third kappa shape index (κ3) is 4.81. The van der Waals surface area contributed by atoms with Gasteiger partial charge in [-0.15, -0.1) is 23.1 Å². The van der Waals surface area contributed by atoms with Gasteiger partial charge in [0.15, 0.2) is 5.13 Å². The molecule has 7 heteroatoms. The smallest absolute Gasteiger partial charge is 0.257 e. The van der Waals surface area contributed by atoms with Gasteiger partial charge in [-0.25, -0.2) is 4.98 Å². The van der Waals surface area contributed by atoms with E-state index in [9.17, 15) is 9.00 Å². The summed E-state index contributed by atoms with van der Waals surface area (Å²) in [5.41, 5.74) is 3.28. The first-order valence-corrected chi connectivity index (χ1v) is 11.7. The van der Waals surface area contributed by atoms with Crippen molar-refractivity contribution in [1.82, 2.24) is 4.98 Å². The molecule has 0 radical (unpaired) electrons. The highest BCUT2D eigenvalue weighted by atomic mass is 32.2. The number of hydrogen-bond donors (Lipinski definition) is 1.